The lowest BCUT2D eigenvalue weighted by Crippen LogP contribution is -2.18. The molecule has 0 radical (unpaired) electrons. The van der Waals surface area contributed by atoms with Gasteiger partial charge in [-0.25, -0.2) is 0 Å². The molecule has 0 unspecified atom stereocenters. The van der Waals surface area contributed by atoms with E-state index in [9.17, 15) is 9.59 Å². The molecular formula is C20H19N3O2S. The van der Waals surface area contributed by atoms with Gasteiger partial charge in [0.25, 0.3) is 11.8 Å². The summed E-state index contributed by atoms with van der Waals surface area (Å²) >= 11 is 1.47. The number of anilines is 1. The topological polar surface area (TPSA) is 85.1 Å². The number of nitrogens with one attached hydrogen (secondary N) is 1. The van der Waals surface area contributed by atoms with Gasteiger partial charge < -0.3 is 11.1 Å². The standard InChI is InChI=1S/C20H19N3O2S/c1-11-6-7-12-8-9-13(10-15(12)22-11)19(25)23-20-17(18(21)24)14-4-2-3-5-16(14)26-20/h6-10H,2-5H2,1H3,(H2,21,24)(H,23,25). The SMILES string of the molecule is Cc1ccc2ccc(C(=O)Nc3sc4c(c3C(N)=O)CCCC4)cc2n1. The molecule has 0 fully saturated rings. The predicted octanol–water partition coefficient (Wildman–Crippen LogP) is 3.83. The van der Waals surface area contributed by atoms with Gasteiger partial charge in [0.1, 0.15) is 5.00 Å². The molecule has 1 aromatic carbocycles. The summed E-state index contributed by atoms with van der Waals surface area (Å²) in [6, 6.07) is 9.35. The average molecular weight is 365 g/mol. The second kappa shape index (κ2) is 6.53. The number of benzene rings is 1. The molecule has 5 nitrogen and oxygen atoms in total. The van der Waals surface area contributed by atoms with Crippen molar-refractivity contribution in [1.82, 2.24) is 4.98 Å². The van der Waals surface area contributed by atoms with Crippen LogP contribution in [0.15, 0.2) is 30.3 Å². The second-order valence-electron chi connectivity index (χ2n) is 6.59. The fraction of sp³-hybridized carbons (Fsp3) is 0.250. The van der Waals surface area contributed by atoms with Crippen LogP contribution in [0.25, 0.3) is 10.9 Å². The second-order valence-corrected chi connectivity index (χ2v) is 7.70. The number of pyridine rings is 1. The summed E-state index contributed by atoms with van der Waals surface area (Å²) in [6.45, 7) is 1.92. The molecule has 0 spiro atoms. The van der Waals surface area contributed by atoms with Crippen LogP contribution >= 0.6 is 11.3 Å². The Morgan fingerprint density at radius 2 is 1.92 bits per heavy atom. The highest BCUT2D eigenvalue weighted by Crippen LogP contribution is 2.38. The number of rotatable bonds is 3. The van der Waals surface area contributed by atoms with Crippen LogP contribution in [-0.4, -0.2) is 16.8 Å². The van der Waals surface area contributed by atoms with Gasteiger partial charge in [0, 0.05) is 21.5 Å². The van der Waals surface area contributed by atoms with Crippen LogP contribution in [0.1, 0.15) is 49.7 Å². The number of amides is 2. The molecule has 3 aromatic rings. The minimum absolute atomic E-state index is 0.253. The number of hydrogen-bond donors (Lipinski definition) is 2. The number of aromatic nitrogens is 1. The van der Waals surface area contributed by atoms with Crippen LogP contribution in [0.2, 0.25) is 0 Å². The van der Waals surface area contributed by atoms with Gasteiger partial charge in [-0.1, -0.05) is 12.1 Å². The Labute approximate surface area is 155 Å². The van der Waals surface area contributed by atoms with Gasteiger partial charge in [-0.15, -0.1) is 11.3 Å². The van der Waals surface area contributed by atoms with Crippen molar-refractivity contribution in [1.29, 1.82) is 0 Å². The van der Waals surface area contributed by atoms with Gasteiger partial charge in [0.2, 0.25) is 0 Å². The highest BCUT2D eigenvalue weighted by atomic mass is 32.1. The van der Waals surface area contributed by atoms with E-state index in [1.54, 1.807) is 12.1 Å². The van der Waals surface area contributed by atoms with E-state index < -0.39 is 5.91 Å². The molecule has 2 amide bonds. The zero-order valence-corrected chi connectivity index (χ0v) is 15.3. The van der Waals surface area contributed by atoms with E-state index in [0.29, 0.717) is 16.1 Å². The Kier molecular flexibility index (Phi) is 4.20. The molecule has 4 rings (SSSR count). The van der Waals surface area contributed by atoms with Crippen molar-refractivity contribution in [3.63, 3.8) is 0 Å². The lowest BCUT2D eigenvalue weighted by atomic mass is 9.95. The highest BCUT2D eigenvalue weighted by molar-refractivity contribution is 7.17. The Morgan fingerprint density at radius 1 is 1.15 bits per heavy atom. The van der Waals surface area contributed by atoms with Crippen LogP contribution in [0.4, 0.5) is 5.00 Å². The van der Waals surface area contributed by atoms with Gasteiger partial charge in [-0.05, 0) is 56.4 Å². The molecule has 2 aromatic heterocycles. The maximum absolute atomic E-state index is 12.7. The van der Waals surface area contributed by atoms with E-state index >= 15 is 0 Å². The number of carbonyl (C=O) groups is 2. The third-order valence-electron chi connectivity index (χ3n) is 4.74. The lowest BCUT2D eigenvalue weighted by Gasteiger charge is -2.11. The van der Waals surface area contributed by atoms with Gasteiger partial charge in [0.15, 0.2) is 0 Å². The molecule has 1 aliphatic rings. The van der Waals surface area contributed by atoms with Gasteiger partial charge in [-0.2, -0.15) is 0 Å². The molecule has 1 aliphatic carbocycles. The summed E-state index contributed by atoms with van der Waals surface area (Å²) < 4.78 is 0. The normalized spacial score (nSPS) is 13.4. The number of thiophene rings is 1. The van der Waals surface area contributed by atoms with Crippen LogP contribution in [0.3, 0.4) is 0 Å². The quantitative estimate of drug-likeness (QED) is 0.739. The first-order valence-electron chi connectivity index (χ1n) is 8.66. The lowest BCUT2D eigenvalue weighted by molar-refractivity contribution is 0.100. The first-order chi connectivity index (χ1) is 12.5. The van der Waals surface area contributed by atoms with Crippen molar-refractivity contribution in [2.24, 2.45) is 5.73 Å². The smallest absolute Gasteiger partial charge is 0.256 e. The van der Waals surface area contributed by atoms with Crippen molar-refractivity contribution < 1.29 is 9.59 Å². The third-order valence-corrected chi connectivity index (χ3v) is 5.95. The maximum atomic E-state index is 12.7. The molecule has 0 saturated heterocycles. The summed E-state index contributed by atoms with van der Waals surface area (Å²) in [4.78, 5) is 30.3. The molecule has 3 N–H and O–H groups in total. The highest BCUT2D eigenvalue weighted by Gasteiger charge is 2.25. The zero-order chi connectivity index (χ0) is 18.3. The number of hydrogen-bond acceptors (Lipinski definition) is 4. The number of nitrogens with zero attached hydrogens (tertiary/aromatic N) is 1. The van der Waals surface area contributed by atoms with Gasteiger partial charge >= 0.3 is 0 Å². The third kappa shape index (κ3) is 2.97. The largest absolute Gasteiger partial charge is 0.365 e. The van der Waals surface area contributed by atoms with Gasteiger partial charge in [0.05, 0.1) is 11.1 Å². The Bertz CT molecular complexity index is 1040. The zero-order valence-electron chi connectivity index (χ0n) is 14.5. The first kappa shape index (κ1) is 16.7. The van der Waals surface area contributed by atoms with Crippen LogP contribution in [0.5, 0.6) is 0 Å². The van der Waals surface area contributed by atoms with E-state index in [1.165, 1.54) is 11.3 Å². The van der Waals surface area contributed by atoms with Crippen molar-refractivity contribution in [3.05, 3.63) is 57.6 Å². The summed E-state index contributed by atoms with van der Waals surface area (Å²) in [5.41, 5.74) is 9.28. The number of nitrogens with two attached hydrogens (primary N) is 1. The van der Waals surface area contributed by atoms with E-state index in [0.717, 1.165) is 52.7 Å². The Hall–Kier alpha value is -2.73. The van der Waals surface area contributed by atoms with Crippen LogP contribution in [-0.2, 0) is 12.8 Å². The van der Waals surface area contributed by atoms with E-state index in [4.69, 9.17) is 5.73 Å². The van der Waals surface area contributed by atoms with Gasteiger partial charge in [-0.3, -0.25) is 14.6 Å². The predicted molar refractivity (Wildman–Crippen MR) is 104 cm³/mol. The Morgan fingerprint density at radius 3 is 2.73 bits per heavy atom. The molecule has 6 heteroatoms. The first-order valence-corrected chi connectivity index (χ1v) is 9.47. The van der Waals surface area contributed by atoms with Crippen LogP contribution in [0, 0.1) is 6.92 Å². The molecule has 0 aliphatic heterocycles. The monoisotopic (exact) mass is 365 g/mol. The van der Waals surface area contributed by atoms with Crippen molar-refractivity contribution in [2.45, 2.75) is 32.6 Å². The number of aryl methyl sites for hydroxylation is 2. The van der Waals surface area contributed by atoms with E-state index in [1.807, 2.05) is 25.1 Å². The summed E-state index contributed by atoms with van der Waals surface area (Å²) in [5.74, 6) is -0.730. The fourth-order valence-corrected chi connectivity index (χ4v) is 4.74. The van der Waals surface area contributed by atoms with Crippen LogP contribution < -0.4 is 11.1 Å². The van der Waals surface area contributed by atoms with E-state index in [2.05, 4.69) is 10.3 Å². The molecular weight excluding hydrogens is 346 g/mol. The Balaban J connectivity index is 1.68. The maximum Gasteiger partial charge on any atom is 0.256 e. The fourth-order valence-electron chi connectivity index (χ4n) is 3.45. The summed E-state index contributed by atoms with van der Waals surface area (Å²) in [7, 11) is 0. The average Bonchev–Trinajstić information content (AvgIpc) is 2.98. The molecule has 26 heavy (non-hydrogen) atoms. The van der Waals surface area contributed by atoms with E-state index in [-0.39, 0.29) is 5.91 Å². The molecule has 0 saturated carbocycles. The minimum atomic E-state index is -0.476. The molecule has 2 heterocycles. The number of fused-ring (bicyclic) bond motifs is 2. The van der Waals surface area contributed by atoms with Crippen molar-refractivity contribution in [3.8, 4) is 0 Å². The minimum Gasteiger partial charge on any atom is -0.365 e. The summed E-state index contributed by atoms with van der Waals surface area (Å²) in [6.07, 6.45) is 3.94. The number of carbonyl (C=O) groups excluding carboxylic acids is 2. The van der Waals surface area contributed by atoms with Crippen molar-refractivity contribution >= 4 is 39.1 Å². The van der Waals surface area contributed by atoms with Crippen molar-refractivity contribution in [2.75, 3.05) is 5.32 Å². The molecule has 0 atom stereocenters. The molecule has 132 valence electrons. The molecule has 0 bridgehead atoms. The summed E-state index contributed by atoms with van der Waals surface area (Å²) in [5, 5.41) is 4.44. The number of primary amides is 1.